The third-order valence-electron chi connectivity index (χ3n) is 5.23. The van der Waals surface area contributed by atoms with Crippen LogP contribution in [0.4, 0.5) is 0 Å². The van der Waals surface area contributed by atoms with Crippen molar-refractivity contribution >= 4 is 34.4 Å². The number of nitrogens with zero attached hydrogens (tertiary/aromatic N) is 1. The summed E-state index contributed by atoms with van der Waals surface area (Å²) in [7, 11) is 0. The average Bonchev–Trinajstić information content (AvgIpc) is 3.02. The molecule has 6 nitrogen and oxygen atoms in total. The van der Waals surface area contributed by atoms with Crippen LogP contribution in [0, 0.1) is 12.8 Å². The van der Waals surface area contributed by atoms with Crippen molar-refractivity contribution in [2.24, 2.45) is 5.92 Å². The Kier molecular flexibility index (Phi) is 7.03. The van der Waals surface area contributed by atoms with Gasteiger partial charge < -0.3 is 9.30 Å². The van der Waals surface area contributed by atoms with Crippen LogP contribution in [0.1, 0.15) is 54.4 Å². The smallest absolute Gasteiger partial charge is 0.313 e. The first-order valence-electron chi connectivity index (χ1n) is 10.3. The van der Waals surface area contributed by atoms with E-state index in [4.69, 9.17) is 21.5 Å². The lowest BCUT2D eigenvalue weighted by molar-refractivity contribution is -0.137. The fourth-order valence-electron chi connectivity index (χ4n) is 3.68. The van der Waals surface area contributed by atoms with Gasteiger partial charge in [0.05, 0.1) is 17.1 Å². The van der Waals surface area contributed by atoms with Crippen LogP contribution < -0.4 is 10.2 Å². The Bertz CT molecular complexity index is 1130. The SMILES string of the molecule is CCCc1c(OC(=O)C(C)C)c2c(C)cc(C(=O)NO)cc2n1Cc1ccccc1Cl. The largest absolute Gasteiger partial charge is 0.424 e. The molecule has 1 amide bonds. The van der Waals surface area contributed by atoms with Crippen LogP contribution in [0.25, 0.3) is 10.9 Å². The van der Waals surface area contributed by atoms with Gasteiger partial charge >= 0.3 is 5.97 Å². The molecular formula is C24H27ClN2O4. The first-order chi connectivity index (χ1) is 14.8. The van der Waals surface area contributed by atoms with E-state index in [1.807, 2.05) is 35.8 Å². The Labute approximate surface area is 186 Å². The highest BCUT2D eigenvalue weighted by Gasteiger charge is 2.25. The summed E-state index contributed by atoms with van der Waals surface area (Å²) in [5, 5.41) is 10.5. The minimum atomic E-state index is -0.603. The fraction of sp³-hybridized carbons (Fsp3) is 0.333. The summed E-state index contributed by atoms with van der Waals surface area (Å²) in [5.41, 5.74) is 5.31. The zero-order valence-electron chi connectivity index (χ0n) is 18.2. The number of fused-ring (bicyclic) bond motifs is 1. The third-order valence-corrected chi connectivity index (χ3v) is 5.60. The van der Waals surface area contributed by atoms with Crippen LogP contribution in [0.2, 0.25) is 5.02 Å². The number of hydrogen-bond donors (Lipinski definition) is 2. The number of rotatable bonds is 7. The molecule has 0 aliphatic heterocycles. The van der Waals surface area contributed by atoms with Crippen LogP contribution in [0.15, 0.2) is 36.4 Å². The van der Waals surface area contributed by atoms with Gasteiger partial charge in [0.25, 0.3) is 5.91 Å². The summed E-state index contributed by atoms with van der Waals surface area (Å²) >= 11 is 6.43. The predicted molar refractivity (Wildman–Crippen MR) is 121 cm³/mol. The summed E-state index contributed by atoms with van der Waals surface area (Å²) in [6, 6.07) is 10.9. The van der Waals surface area contributed by atoms with Crippen LogP contribution in [-0.4, -0.2) is 21.7 Å². The summed E-state index contributed by atoms with van der Waals surface area (Å²) in [5.74, 6) is -0.675. The zero-order chi connectivity index (χ0) is 22.7. The Balaban J connectivity index is 2.32. The normalized spacial score (nSPS) is 11.2. The summed E-state index contributed by atoms with van der Waals surface area (Å²) < 4.78 is 7.93. The zero-order valence-corrected chi connectivity index (χ0v) is 18.9. The standard InChI is InChI=1S/C24H27ClN2O4/c1-5-8-19-22(31-24(29)14(2)3)21-15(4)11-17(23(28)26-30)12-20(21)27(19)13-16-9-6-7-10-18(16)25/h6-7,9-12,14,30H,5,8,13H2,1-4H3,(H,26,28). The Morgan fingerprint density at radius 2 is 1.94 bits per heavy atom. The number of hydrogen-bond acceptors (Lipinski definition) is 4. The molecule has 0 fully saturated rings. The first kappa shape index (κ1) is 22.8. The molecule has 0 atom stereocenters. The van der Waals surface area contributed by atoms with E-state index < -0.39 is 5.91 Å². The molecule has 0 spiro atoms. The summed E-state index contributed by atoms with van der Waals surface area (Å²) in [4.78, 5) is 24.7. The molecule has 2 aromatic carbocycles. The number of amides is 1. The van der Waals surface area contributed by atoms with Gasteiger partial charge in [-0.05, 0) is 42.7 Å². The minimum Gasteiger partial charge on any atom is -0.424 e. The molecule has 164 valence electrons. The predicted octanol–water partition coefficient (Wildman–Crippen LogP) is 5.28. The molecule has 0 unspecified atom stereocenters. The topological polar surface area (TPSA) is 80.6 Å². The van der Waals surface area contributed by atoms with E-state index in [-0.39, 0.29) is 11.9 Å². The maximum Gasteiger partial charge on any atom is 0.313 e. The number of ether oxygens (including phenoxy) is 1. The number of aromatic nitrogens is 1. The molecular weight excluding hydrogens is 416 g/mol. The number of hydroxylamine groups is 1. The number of halogens is 1. The van der Waals surface area contributed by atoms with Gasteiger partial charge in [-0.15, -0.1) is 0 Å². The van der Waals surface area contributed by atoms with Gasteiger partial charge in [-0.1, -0.05) is 57.0 Å². The van der Waals surface area contributed by atoms with Gasteiger partial charge in [0.15, 0.2) is 5.75 Å². The minimum absolute atomic E-state index is 0.281. The molecule has 0 saturated heterocycles. The van der Waals surface area contributed by atoms with E-state index in [2.05, 4.69) is 6.92 Å². The highest BCUT2D eigenvalue weighted by atomic mass is 35.5. The second-order valence-corrected chi connectivity index (χ2v) is 8.31. The third kappa shape index (κ3) is 4.60. The van der Waals surface area contributed by atoms with Gasteiger partial charge in [-0.25, -0.2) is 5.48 Å². The number of nitrogens with one attached hydrogen (secondary N) is 1. The highest BCUT2D eigenvalue weighted by molar-refractivity contribution is 6.31. The maximum absolute atomic E-state index is 12.5. The van der Waals surface area contributed by atoms with Crippen molar-refractivity contribution in [2.75, 3.05) is 0 Å². The van der Waals surface area contributed by atoms with Gasteiger partial charge in [-0.2, -0.15) is 0 Å². The summed E-state index contributed by atoms with van der Waals surface area (Å²) in [6.45, 7) is 7.96. The maximum atomic E-state index is 12.5. The number of carbonyl (C=O) groups excluding carboxylic acids is 2. The van der Waals surface area contributed by atoms with Crippen LogP contribution in [0.3, 0.4) is 0 Å². The molecule has 3 rings (SSSR count). The molecule has 31 heavy (non-hydrogen) atoms. The molecule has 0 saturated carbocycles. The number of carbonyl (C=O) groups is 2. The fourth-order valence-corrected chi connectivity index (χ4v) is 3.87. The van der Waals surface area contributed by atoms with Crippen molar-refractivity contribution in [3.8, 4) is 5.75 Å². The molecule has 0 aliphatic carbocycles. The molecule has 2 N–H and O–H groups in total. The molecule has 3 aromatic rings. The second kappa shape index (κ2) is 9.54. The van der Waals surface area contributed by atoms with Crippen molar-refractivity contribution in [3.05, 3.63) is 63.8 Å². The molecule has 0 radical (unpaired) electrons. The quantitative estimate of drug-likeness (QED) is 0.296. The Hall–Kier alpha value is -2.83. The Morgan fingerprint density at radius 1 is 1.23 bits per heavy atom. The van der Waals surface area contributed by atoms with Crippen molar-refractivity contribution in [2.45, 2.75) is 47.1 Å². The molecule has 7 heteroatoms. The van der Waals surface area contributed by atoms with E-state index in [0.717, 1.165) is 34.1 Å². The molecule has 1 heterocycles. The second-order valence-electron chi connectivity index (χ2n) is 7.91. The summed E-state index contributed by atoms with van der Waals surface area (Å²) in [6.07, 6.45) is 1.52. The van der Waals surface area contributed by atoms with Crippen molar-refractivity contribution in [1.82, 2.24) is 10.0 Å². The van der Waals surface area contributed by atoms with Crippen LogP contribution in [-0.2, 0) is 17.8 Å². The van der Waals surface area contributed by atoms with E-state index in [9.17, 15) is 9.59 Å². The monoisotopic (exact) mass is 442 g/mol. The van der Waals surface area contributed by atoms with E-state index >= 15 is 0 Å². The van der Waals surface area contributed by atoms with Gasteiger partial charge in [-0.3, -0.25) is 14.8 Å². The lowest BCUT2D eigenvalue weighted by Crippen LogP contribution is -2.18. The first-order valence-corrected chi connectivity index (χ1v) is 10.7. The number of aryl methyl sites for hydroxylation is 1. The average molecular weight is 443 g/mol. The molecule has 1 aromatic heterocycles. The van der Waals surface area contributed by atoms with Crippen LogP contribution in [0.5, 0.6) is 5.75 Å². The van der Waals surface area contributed by atoms with Crippen molar-refractivity contribution in [3.63, 3.8) is 0 Å². The lowest BCUT2D eigenvalue weighted by Gasteiger charge is -2.13. The van der Waals surface area contributed by atoms with Gasteiger partial charge in [0.2, 0.25) is 0 Å². The Morgan fingerprint density at radius 3 is 2.55 bits per heavy atom. The van der Waals surface area contributed by atoms with Crippen molar-refractivity contribution in [1.29, 1.82) is 0 Å². The highest BCUT2D eigenvalue weighted by Crippen LogP contribution is 2.38. The van der Waals surface area contributed by atoms with E-state index in [1.54, 1.807) is 31.5 Å². The van der Waals surface area contributed by atoms with Crippen molar-refractivity contribution < 1.29 is 19.5 Å². The van der Waals surface area contributed by atoms with E-state index in [0.29, 0.717) is 29.3 Å². The lowest BCUT2D eigenvalue weighted by atomic mass is 10.1. The molecule has 0 aliphatic rings. The van der Waals surface area contributed by atoms with Crippen LogP contribution >= 0.6 is 11.6 Å². The molecule has 0 bridgehead atoms. The van der Waals surface area contributed by atoms with Gasteiger partial charge in [0.1, 0.15) is 0 Å². The number of esters is 1. The number of benzene rings is 2. The van der Waals surface area contributed by atoms with E-state index in [1.165, 1.54) is 0 Å². The van der Waals surface area contributed by atoms with Gasteiger partial charge in [0, 0.05) is 22.5 Å².